The average Bonchev–Trinajstić information content (AvgIpc) is 2.92. The molecule has 1 heterocycles. The highest BCUT2D eigenvalue weighted by Gasteiger charge is 2.22. The Morgan fingerprint density at radius 1 is 1.20 bits per heavy atom. The number of hydrogen-bond donors (Lipinski definition) is 0. The van der Waals surface area contributed by atoms with Gasteiger partial charge in [-0.25, -0.2) is 0 Å². The predicted molar refractivity (Wildman–Crippen MR) is 82.4 cm³/mol. The van der Waals surface area contributed by atoms with Gasteiger partial charge in [0, 0.05) is 19.1 Å². The Labute approximate surface area is 122 Å². The van der Waals surface area contributed by atoms with Crippen LogP contribution in [0.3, 0.4) is 0 Å². The van der Waals surface area contributed by atoms with Crippen LogP contribution in [-0.2, 0) is 6.54 Å². The van der Waals surface area contributed by atoms with Gasteiger partial charge in [0.1, 0.15) is 11.5 Å². The fourth-order valence-electron chi connectivity index (χ4n) is 2.77. The summed E-state index contributed by atoms with van der Waals surface area (Å²) in [5, 5.41) is 0. The highest BCUT2D eigenvalue weighted by Crippen LogP contribution is 2.31. The van der Waals surface area contributed by atoms with Gasteiger partial charge in [0.05, 0.1) is 19.8 Å². The summed E-state index contributed by atoms with van der Waals surface area (Å²) in [6.45, 7) is 4.12. The summed E-state index contributed by atoms with van der Waals surface area (Å²) in [5.74, 6) is 1.82. The molecule has 0 saturated heterocycles. The number of methoxy groups -OCH3 is 2. The molecule has 0 bridgehead atoms. The average molecular weight is 275 g/mol. The van der Waals surface area contributed by atoms with Crippen LogP contribution >= 0.6 is 0 Å². The van der Waals surface area contributed by atoms with Crippen molar-refractivity contribution in [2.75, 3.05) is 20.8 Å². The van der Waals surface area contributed by atoms with Crippen molar-refractivity contribution in [1.29, 1.82) is 0 Å². The van der Waals surface area contributed by atoms with E-state index in [9.17, 15) is 0 Å². The third kappa shape index (κ3) is 3.34. The van der Waals surface area contributed by atoms with Crippen molar-refractivity contribution >= 4 is 0 Å². The third-order valence-electron chi connectivity index (χ3n) is 3.91. The van der Waals surface area contributed by atoms with Gasteiger partial charge in [-0.1, -0.05) is 38.0 Å². The van der Waals surface area contributed by atoms with E-state index in [-0.39, 0.29) is 0 Å². The van der Waals surface area contributed by atoms with Gasteiger partial charge in [0.25, 0.3) is 0 Å². The summed E-state index contributed by atoms with van der Waals surface area (Å²) in [6, 6.07) is 6.52. The normalized spacial score (nSPS) is 18.4. The Kier molecular flexibility index (Phi) is 5.48. The number of benzene rings is 1. The van der Waals surface area contributed by atoms with Crippen LogP contribution in [0.25, 0.3) is 0 Å². The fraction of sp³-hybridized carbons (Fsp3) is 0.529. The summed E-state index contributed by atoms with van der Waals surface area (Å²) < 4.78 is 11.0. The van der Waals surface area contributed by atoms with E-state index in [0.717, 1.165) is 30.2 Å². The molecule has 20 heavy (non-hydrogen) atoms. The lowest BCUT2D eigenvalue weighted by Crippen LogP contribution is -2.29. The minimum atomic E-state index is 0.546. The molecule has 0 aliphatic carbocycles. The molecule has 1 aliphatic heterocycles. The molecule has 1 aromatic carbocycles. The summed E-state index contributed by atoms with van der Waals surface area (Å²) in [4.78, 5) is 2.48. The van der Waals surface area contributed by atoms with E-state index in [0.29, 0.717) is 6.04 Å². The number of hydrogen-bond acceptors (Lipinski definition) is 3. The van der Waals surface area contributed by atoms with Crippen molar-refractivity contribution in [1.82, 2.24) is 4.90 Å². The van der Waals surface area contributed by atoms with E-state index < -0.39 is 0 Å². The summed E-state index contributed by atoms with van der Waals surface area (Å²) in [5.41, 5.74) is 1.14. The Balaban J connectivity index is 2.13. The monoisotopic (exact) mass is 275 g/mol. The molecule has 0 radical (unpaired) electrons. The van der Waals surface area contributed by atoms with Crippen molar-refractivity contribution in [3.05, 3.63) is 35.9 Å². The Morgan fingerprint density at radius 2 is 1.90 bits per heavy atom. The van der Waals surface area contributed by atoms with Crippen LogP contribution < -0.4 is 9.47 Å². The van der Waals surface area contributed by atoms with Crippen LogP contribution in [-0.4, -0.2) is 31.7 Å². The van der Waals surface area contributed by atoms with E-state index in [2.05, 4.69) is 24.0 Å². The maximum atomic E-state index is 5.49. The first kappa shape index (κ1) is 14.9. The minimum absolute atomic E-state index is 0.546. The zero-order chi connectivity index (χ0) is 14.4. The van der Waals surface area contributed by atoms with E-state index in [1.165, 1.54) is 19.3 Å². The van der Waals surface area contributed by atoms with Crippen molar-refractivity contribution in [3.8, 4) is 11.5 Å². The molecule has 1 aromatic rings. The van der Waals surface area contributed by atoms with Crippen molar-refractivity contribution in [2.24, 2.45) is 0 Å². The molecule has 0 fully saturated rings. The largest absolute Gasteiger partial charge is 0.496 e. The van der Waals surface area contributed by atoms with Crippen LogP contribution in [0.2, 0.25) is 0 Å². The molecule has 2 rings (SSSR count). The molecular weight excluding hydrogens is 250 g/mol. The first-order chi connectivity index (χ1) is 9.80. The molecule has 3 heteroatoms. The summed E-state index contributed by atoms with van der Waals surface area (Å²) in [6.07, 6.45) is 8.34. The lowest BCUT2D eigenvalue weighted by atomic mass is 10.1. The second-order valence-electron chi connectivity index (χ2n) is 5.21. The first-order valence-electron chi connectivity index (χ1n) is 7.40. The number of ether oxygens (including phenoxy) is 2. The van der Waals surface area contributed by atoms with Gasteiger partial charge >= 0.3 is 0 Å². The van der Waals surface area contributed by atoms with Crippen LogP contribution in [0.15, 0.2) is 30.4 Å². The Hall–Kier alpha value is -1.48. The first-order valence-corrected chi connectivity index (χ1v) is 7.40. The van der Waals surface area contributed by atoms with Gasteiger partial charge in [-0.2, -0.15) is 0 Å². The molecule has 3 nitrogen and oxygen atoms in total. The number of nitrogens with zero attached hydrogens (tertiary/aromatic N) is 1. The molecule has 1 aliphatic rings. The topological polar surface area (TPSA) is 21.7 Å². The molecule has 0 N–H and O–H groups in total. The lowest BCUT2D eigenvalue weighted by molar-refractivity contribution is 0.241. The van der Waals surface area contributed by atoms with Crippen molar-refractivity contribution in [3.63, 3.8) is 0 Å². The second kappa shape index (κ2) is 7.34. The van der Waals surface area contributed by atoms with Crippen LogP contribution in [0.1, 0.15) is 31.7 Å². The van der Waals surface area contributed by atoms with Gasteiger partial charge in [-0.15, -0.1) is 0 Å². The zero-order valence-corrected chi connectivity index (χ0v) is 12.8. The van der Waals surface area contributed by atoms with Crippen molar-refractivity contribution < 1.29 is 9.47 Å². The Bertz CT molecular complexity index is 434. The van der Waals surface area contributed by atoms with Crippen LogP contribution in [0.5, 0.6) is 11.5 Å². The molecule has 0 spiro atoms. The second-order valence-corrected chi connectivity index (χ2v) is 5.21. The molecule has 0 amide bonds. The minimum Gasteiger partial charge on any atom is -0.496 e. The van der Waals surface area contributed by atoms with Gasteiger partial charge in [-0.3, -0.25) is 4.90 Å². The van der Waals surface area contributed by atoms with Crippen LogP contribution in [0.4, 0.5) is 0 Å². The predicted octanol–water partition coefficient (Wildman–Crippen LogP) is 3.63. The lowest BCUT2D eigenvalue weighted by Gasteiger charge is -2.26. The van der Waals surface area contributed by atoms with E-state index in [1.807, 2.05) is 18.2 Å². The van der Waals surface area contributed by atoms with Gasteiger partial charge in [-0.05, 0) is 18.6 Å². The Morgan fingerprint density at radius 3 is 2.50 bits per heavy atom. The summed E-state index contributed by atoms with van der Waals surface area (Å²) >= 11 is 0. The van der Waals surface area contributed by atoms with E-state index >= 15 is 0 Å². The maximum absolute atomic E-state index is 5.49. The third-order valence-corrected chi connectivity index (χ3v) is 3.91. The van der Waals surface area contributed by atoms with Crippen LogP contribution in [0, 0.1) is 0 Å². The zero-order valence-electron chi connectivity index (χ0n) is 12.8. The van der Waals surface area contributed by atoms with E-state index in [4.69, 9.17) is 9.47 Å². The van der Waals surface area contributed by atoms with Gasteiger partial charge < -0.3 is 9.47 Å². The molecule has 110 valence electrons. The number of unbranched alkanes of at least 4 members (excludes halogenated alkanes) is 1. The number of rotatable bonds is 7. The molecule has 0 saturated carbocycles. The molecular formula is C17H25NO2. The molecule has 1 unspecified atom stereocenters. The fourth-order valence-corrected chi connectivity index (χ4v) is 2.77. The van der Waals surface area contributed by atoms with Gasteiger partial charge in [0.2, 0.25) is 0 Å². The molecule has 1 atom stereocenters. The van der Waals surface area contributed by atoms with Gasteiger partial charge in [0.15, 0.2) is 0 Å². The molecule has 0 aromatic heterocycles. The highest BCUT2D eigenvalue weighted by atomic mass is 16.5. The van der Waals surface area contributed by atoms with E-state index in [1.54, 1.807) is 14.2 Å². The SMILES string of the molecule is CCCCC1C=CCN1Cc1c(OC)cccc1OC. The smallest absolute Gasteiger partial charge is 0.127 e. The summed E-state index contributed by atoms with van der Waals surface area (Å²) in [7, 11) is 3.43. The maximum Gasteiger partial charge on any atom is 0.127 e. The quantitative estimate of drug-likeness (QED) is 0.709. The standard InChI is InChI=1S/C17H25NO2/c1-4-5-8-14-9-7-12-18(14)13-15-16(19-2)10-6-11-17(15)20-3/h6-7,9-11,14H,4-5,8,12-13H2,1-3H3. The highest BCUT2D eigenvalue weighted by molar-refractivity contribution is 5.44. The van der Waals surface area contributed by atoms with Crippen molar-refractivity contribution in [2.45, 2.75) is 38.8 Å².